The smallest absolute Gasteiger partial charge is 0.254 e. The lowest BCUT2D eigenvalue weighted by Gasteiger charge is -2.05. The minimum Gasteiger partial charge on any atom is -0.352 e. The summed E-state index contributed by atoms with van der Waals surface area (Å²) >= 11 is 6.10. The highest BCUT2D eigenvalue weighted by Crippen LogP contribution is 2.18. The second-order valence-electron chi connectivity index (χ2n) is 4.90. The Bertz CT molecular complexity index is 631. The lowest BCUT2D eigenvalue weighted by Crippen LogP contribution is -2.25. The molecular formula is C14H20ClN5O. The number of amides is 1. The van der Waals surface area contributed by atoms with E-state index in [1.54, 1.807) is 17.1 Å². The van der Waals surface area contributed by atoms with Crippen LogP contribution in [0, 0.1) is 13.8 Å². The van der Waals surface area contributed by atoms with Gasteiger partial charge in [-0.1, -0.05) is 11.6 Å². The van der Waals surface area contributed by atoms with E-state index in [1.165, 1.54) is 0 Å². The molecule has 114 valence electrons. The number of halogens is 1. The molecule has 0 atom stereocenters. The summed E-state index contributed by atoms with van der Waals surface area (Å²) in [6.45, 7) is 7.89. The van der Waals surface area contributed by atoms with E-state index in [9.17, 15) is 4.79 Å². The zero-order valence-electron chi connectivity index (χ0n) is 12.6. The first-order chi connectivity index (χ1) is 10.0. The highest BCUT2D eigenvalue weighted by atomic mass is 35.5. The first-order valence-electron chi connectivity index (χ1n) is 7.03. The third-order valence-electron chi connectivity index (χ3n) is 3.34. The second-order valence-corrected chi connectivity index (χ2v) is 5.28. The van der Waals surface area contributed by atoms with Crippen molar-refractivity contribution >= 4 is 17.5 Å². The van der Waals surface area contributed by atoms with Crippen molar-refractivity contribution in [2.75, 3.05) is 6.54 Å². The summed E-state index contributed by atoms with van der Waals surface area (Å²) in [5.41, 5.74) is 2.39. The van der Waals surface area contributed by atoms with Crippen LogP contribution in [0.2, 0.25) is 5.02 Å². The topological polar surface area (TPSA) is 64.7 Å². The van der Waals surface area contributed by atoms with Crippen molar-refractivity contribution in [3.8, 4) is 0 Å². The molecule has 0 fully saturated rings. The molecule has 0 aliphatic carbocycles. The van der Waals surface area contributed by atoms with Crippen LogP contribution in [0.25, 0.3) is 0 Å². The van der Waals surface area contributed by atoms with Crippen LogP contribution in [0.1, 0.15) is 35.1 Å². The van der Waals surface area contributed by atoms with Crippen molar-refractivity contribution in [1.29, 1.82) is 0 Å². The molecule has 21 heavy (non-hydrogen) atoms. The summed E-state index contributed by atoms with van der Waals surface area (Å²) in [7, 11) is 0. The van der Waals surface area contributed by atoms with Gasteiger partial charge in [0.25, 0.3) is 5.91 Å². The average Bonchev–Trinajstić information content (AvgIpc) is 3.05. The van der Waals surface area contributed by atoms with Gasteiger partial charge in [0, 0.05) is 25.8 Å². The molecule has 0 aliphatic heterocycles. The molecule has 0 spiro atoms. The van der Waals surface area contributed by atoms with Crippen LogP contribution < -0.4 is 5.32 Å². The monoisotopic (exact) mass is 309 g/mol. The van der Waals surface area contributed by atoms with Gasteiger partial charge >= 0.3 is 0 Å². The summed E-state index contributed by atoms with van der Waals surface area (Å²) in [6, 6.07) is 0. The van der Waals surface area contributed by atoms with Crippen LogP contribution in [0.5, 0.6) is 0 Å². The molecule has 1 amide bonds. The van der Waals surface area contributed by atoms with E-state index in [4.69, 9.17) is 11.6 Å². The Morgan fingerprint density at radius 2 is 2.19 bits per heavy atom. The van der Waals surface area contributed by atoms with Crippen molar-refractivity contribution < 1.29 is 4.79 Å². The number of nitrogens with one attached hydrogen (secondary N) is 1. The van der Waals surface area contributed by atoms with Crippen molar-refractivity contribution in [3.63, 3.8) is 0 Å². The van der Waals surface area contributed by atoms with Crippen LogP contribution in [0.4, 0.5) is 0 Å². The van der Waals surface area contributed by atoms with Gasteiger partial charge in [-0.05, 0) is 27.2 Å². The third kappa shape index (κ3) is 3.64. The van der Waals surface area contributed by atoms with Crippen molar-refractivity contribution in [2.45, 2.75) is 40.3 Å². The van der Waals surface area contributed by atoms with E-state index in [2.05, 4.69) is 15.5 Å². The minimum absolute atomic E-state index is 0.0962. The summed E-state index contributed by atoms with van der Waals surface area (Å²) in [5, 5.41) is 12.0. The average molecular weight is 310 g/mol. The van der Waals surface area contributed by atoms with Gasteiger partial charge in [-0.3, -0.25) is 14.2 Å². The maximum absolute atomic E-state index is 11.9. The Morgan fingerprint density at radius 1 is 1.43 bits per heavy atom. The Kier molecular flexibility index (Phi) is 5.01. The SMILES string of the molecule is CCn1cc(C(=O)NCCCn2nc(C)c(Cl)c2C)cn1. The lowest BCUT2D eigenvalue weighted by molar-refractivity contribution is 0.0952. The molecule has 2 aromatic heterocycles. The third-order valence-corrected chi connectivity index (χ3v) is 3.89. The zero-order chi connectivity index (χ0) is 15.4. The number of hydrogen-bond acceptors (Lipinski definition) is 3. The molecule has 0 radical (unpaired) electrons. The van der Waals surface area contributed by atoms with Gasteiger partial charge in [0.2, 0.25) is 0 Å². The van der Waals surface area contributed by atoms with Gasteiger partial charge < -0.3 is 5.32 Å². The molecule has 2 aromatic rings. The number of aryl methyl sites for hydroxylation is 3. The first-order valence-corrected chi connectivity index (χ1v) is 7.41. The van der Waals surface area contributed by atoms with Crippen LogP contribution >= 0.6 is 11.6 Å². The normalized spacial score (nSPS) is 10.9. The summed E-state index contributed by atoms with van der Waals surface area (Å²) in [6.07, 6.45) is 4.13. The van der Waals surface area contributed by atoms with E-state index in [-0.39, 0.29) is 5.91 Å². The number of hydrogen-bond donors (Lipinski definition) is 1. The molecule has 0 aromatic carbocycles. The molecule has 0 bridgehead atoms. The molecule has 7 heteroatoms. The minimum atomic E-state index is -0.0962. The fraction of sp³-hybridized carbons (Fsp3) is 0.500. The number of nitrogens with zero attached hydrogens (tertiary/aromatic N) is 4. The number of aromatic nitrogens is 4. The number of carbonyl (C=O) groups excluding carboxylic acids is 1. The van der Waals surface area contributed by atoms with E-state index in [1.807, 2.05) is 25.5 Å². The molecule has 2 heterocycles. The van der Waals surface area contributed by atoms with Crippen LogP contribution in [-0.4, -0.2) is 32.0 Å². The van der Waals surface area contributed by atoms with Crippen LogP contribution in [-0.2, 0) is 13.1 Å². The quantitative estimate of drug-likeness (QED) is 0.832. The Morgan fingerprint density at radius 3 is 2.76 bits per heavy atom. The second kappa shape index (κ2) is 6.76. The number of rotatable bonds is 6. The van der Waals surface area contributed by atoms with Crippen molar-refractivity contribution in [2.24, 2.45) is 0 Å². The first kappa shape index (κ1) is 15.6. The largest absolute Gasteiger partial charge is 0.352 e. The van der Waals surface area contributed by atoms with E-state index in [0.717, 1.165) is 30.9 Å². The highest BCUT2D eigenvalue weighted by Gasteiger charge is 2.10. The van der Waals surface area contributed by atoms with Gasteiger partial charge in [0.05, 0.1) is 28.2 Å². The standard InChI is InChI=1S/C14H20ClN5O/c1-4-19-9-12(8-17-19)14(21)16-6-5-7-20-11(3)13(15)10(2)18-20/h8-9H,4-7H2,1-3H3,(H,16,21). The molecule has 6 nitrogen and oxygen atoms in total. The molecule has 0 saturated heterocycles. The van der Waals surface area contributed by atoms with Crippen LogP contribution in [0.3, 0.4) is 0 Å². The predicted molar refractivity (Wildman–Crippen MR) is 81.6 cm³/mol. The lowest BCUT2D eigenvalue weighted by atomic mass is 10.3. The zero-order valence-corrected chi connectivity index (χ0v) is 13.3. The summed E-state index contributed by atoms with van der Waals surface area (Å²) in [4.78, 5) is 11.9. The van der Waals surface area contributed by atoms with Gasteiger partial charge in [0.15, 0.2) is 0 Å². The fourth-order valence-corrected chi connectivity index (χ4v) is 2.21. The Balaban J connectivity index is 1.79. The fourth-order valence-electron chi connectivity index (χ4n) is 2.08. The molecule has 0 unspecified atom stereocenters. The molecule has 0 saturated carbocycles. The maximum Gasteiger partial charge on any atom is 0.254 e. The van der Waals surface area contributed by atoms with Crippen molar-refractivity contribution in [3.05, 3.63) is 34.4 Å². The van der Waals surface area contributed by atoms with Gasteiger partial charge in [-0.25, -0.2) is 0 Å². The molecular weight excluding hydrogens is 290 g/mol. The number of carbonyl (C=O) groups is 1. The van der Waals surface area contributed by atoms with Crippen molar-refractivity contribution in [1.82, 2.24) is 24.9 Å². The van der Waals surface area contributed by atoms with E-state index < -0.39 is 0 Å². The molecule has 0 aliphatic rings. The molecule has 2 rings (SSSR count). The predicted octanol–water partition coefficient (Wildman–Crippen LogP) is 2.19. The van der Waals surface area contributed by atoms with Crippen LogP contribution in [0.15, 0.2) is 12.4 Å². The van der Waals surface area contributed by atoms with Gasteiger partial charge in [-0.2, -0.15) is 10.2 Å². The van der Waals surface area contributed by atoms with Gasteiger partial charge in [-0.15, -0.1) is 0 Å². The summed E-state index contributed by atoms with van der Waals surface area (Å²) < 4.78 is 3.60. The highest BCUT2D eigenvalue weighted by molar-refractivity contribution is 6.31. The maximum atomic E-state index is 11.9. The molecule has 1 N–H and O–H groups in total. The Labute approximate surface area is 129 Å². The van der Waals surface area contributed by atoms with E-state index in [0.29, 0.717) is 17.1 Å². The van der Waals surface area contributed by atoms with E-state index >= 15 is 0 Å². The Hall–Kier alpha value is -1.82. The summed E-state index contributed by atoms with van der Waals surface area (Å²) in [5.74, 6) is -0.0962. The van der Waals surface area contributed by atoms with Gasteiger partial charge in [0.1, 0.15) is 0 Å².